The highest BCUT2D eigenvalue weighted by Gasteiger charge is 2.11. The van der Waals surface area contributed by atoms with Gasteiger partial charge in [0, 0.05) is 23.6 Å². The van der Waals surface area contributed by atoms with Gasteiger partial charge in [0.15, 0.2) is 11.5 Å². The van der Waals surface area contributed by atoms with Gasteiger partial charge >= 0.3 is 0 Å². The number of benzene rings is 2. The Kier molecular flexibility index (Phi) is 4.53. The van der Waals surface area contributed by atoms with E-state index in [2.05, 4.69) is 10.1 Å². The fourth-order valence-corrected chi connectivity index (χ4v) is 2.99. The lowest BCUT2D eigenvalue weighted by Crippen LogP contribution is -2.11. The maximum absolute atomic E-state index is 13.1. The predicted octanol–water partition coefficient (Wildman–Crippen LogP) is 2.89. The molecule has 3 N–H and O–H groups in total. The normalized spacial score (nSPS) is 12.2. The fourth-order valence-electron chi connectivity index (χ4n) is 2.19. The van der Waals surface area contributed by atoms with Gasteiger partial charge in [-0.3, -0.25) is 4.99 Å². The second-order valence-electron chi connectivity index (χ2n) is 5.06. The maximum atomic E-state index is 13.1. The molecule has 128 valence electrons. The number of halogens is 1. The summed E-state index contributed by atoms with van der Waals surface area (Å²) in [5.41, 5.74) is 1.67. The van der Waals surface area contributed by atoms with Crippen molar-refractivity contribution in [3.63, 3.8) is 0 Å². The van der Waals surface area contributed by atoms with E-state index in [0.717, 1.165) is 5.56 Å². The summed E-state index contributed by atoms with van der Waals surface area (Å²) in [6.45, 7) is 0. The van der Waals surface area contributed by atoms with Crippen LogP contribution in [0.4, 0.5) is 4.39 Å². The van der Waals surface area contributed by atoms with Gasteiger partial charge in [0.05, 0.1) is 11.9 Å². The minimum absolute atomic E-state index is 0.223. The van der Waals surface area contributed by atoms with Crippen LogP contribution in [0.1, 0.15) is 5.56 Å². The van der Waals surface area contributed by atoms with Gasteiger partial charge in [0.2, 0.25) is 10.6 Å². The first kappa shape index (κ1) is 16.7. The topological polar surface area (TPSA) is 90.3 Å². The molecule has 0 radical (unpaired) electrons. The number of aromatic hydroxyl groups is 3. The van der Waals surface area contributed by atoms with Crippen molar-refractivity contribution in [2.24, 2.45) is 10.1 Å². The molecule has 25 heavy (non-hydrogen) atoms. The molecule has 2 aromatic carbocycles. The maximum Gasteiger partial charge on any atom is 0.205 e. The lowest BCUT2D eigenvalue weighted by Gasteiger charge is -2.05. The minimum atomic E-state index is -0.613. The van der Waals surface area contributed by atoms with Gasteiger partial charge in [-0.25, -0.2) is 9.07 Å². The summed E-state index contributed by atoms with van der Waals surface area (Å²) < 4.78 is 14.7. The zero-order valence-electron chi connectivity index (χ0n) is 13.1. The van der Waals surface area contributed by atoms with E-state index in [4.69, 9.17) is 0 Å². The first-order chi connectivity index (χ1) is 12.0. The molecule has 0 fully saturated rings. The smallest absolute Gasteiger partial charge is 0.205 e. The third-order valence-electron chi connectivity index (χ3n) is 3.49. The molecule has 0 bridgehead atoms. The molecule has 0 saturated carbocycles. The summed E-state index contributed by atoms with van der Waals surface area (Å²) in [6.07, 6.45) is 1.34. The van der Waals surface area contributed by atoms with Crippen molar-refractivity contribution in [3.05, 3.63) is 58.0 Å². The zero-order valence-corrected chi connectivity index (χ0v) is 13.9. The molecule has 0 aliphatic carbocycles. The van der Waals surface area contributed by atoms with Crippen molar-refractivity contribution in [3.8, 4) is 28.5 Å². The summed E-state index contributed by atoms with van der Waals surface area (Å²) in [7, 11) is 1.62. The van der Waals surface area contributed by atoms with Crippen molar-refractivity contribution >= 4 is 17.6 Å². The van der Waals surface area contributed by atoms with Crippen LogP contribution < -0.4 is 4.80 Å². The molecule has 0 spiro atoms. The summed E-state index contributed by atoms with van der Waals surface area (Å²) in [5, 5.41) is 35.0. The molecule has 0 aliphatic heterocycles. The molecule has 1 heterocycles. The molecule has 0 atom stereocenters. The molecule has 0 unspecified atom stereocenters. The molecule has 0 saturated heterocycles. The number of rotatable bonds is 3. The second kappa shape index (κ2) is 6.78. The number of hydrogen-bond donors (Lipinski definition) is 3. The van der Waals surface area contributed by atoms with Crippen LogP contribution in [0.5, 0.6) is 17.2 Å². The van der Waals surface area contributed by atoms with Crippen molar-refractivity contribution in [2.75, 3.05) is 7.05 Å². The molecule has 1 aromatic heterocycles. The third-order valence-corrected chi connectivity index (χ3v) is 4.40. The largest absolute Gasteiger partial charge is 0.504 e. The highest BCUT2D eigenvalue weighted by molar-refractivity contribution is 7.07. The Morgan fingerprint density at radius 1 is 1.04 bits per heavy atom. The first-order valence-electron chi connectivity index (χ1n) is 7.19. The van der Waals surface area contributed by atoms with Gasteiger partial charge in [-0.05, 0) is 36.4 Å². The van der Waals surface area contributed by atoms with Crippen molar-refractivity contribution < 1.29 is 19.7 Å². The molecule has 6 nitrogen and oxygen atoms in total. The minimum Gasteiger partial charge on any atom is -0.504 e. The summed E-state index contributed by atoms with van der Waals surface area (Å²) in [5.74, 6) is -1.84. The zero-order chi connectivity index (χ0) is 18.0. The Hall–Kier alpha value is -3.13. The van der Waals surface area contributed by atoms with Gasteiger partial charge in [0.1, 0.15) is 5.82 Å². The summed E-state index contributed by atoms with van der Waals surface area (Å²) in [4.78, 5) is 4.74. The number of thiazole rings is 1. The van der Waals surface area contributed by atoms with Crippen LogP contribution in [0.3, 0.4) is 0 Å². The molecule has 3 rings (SSSR count). The van der Waals surface area contributed by atoms with Crippen LogP contribution in [0.2, 0.25) is 0 Å². The van der Waals surface area contributed by atoms with E-state index < -0.39 is 17.2 Å². The number of nitrogens with zero attached hydrogens (tertiary/aromatic N) is 3. The van der Waals surface area contributed by atoms with Crippen molar-refractivity contribution in [1.29, 1.82) is 0 Å². The third kappa shape index (κ3) is 3.24. The molecule has 0 aliphatic rings. The van der Waals surface area contributed by atoms with Crippen LogP contribution in [-0.2, 0) is 0 Å². The molecular weight excluding hydrogens is 345 g/mol. The standard InChI is InChI=1S/C17H14FN3O3S/c1-19-17-21(13(9-25-17)10-2-5-12(18)6-3-10)20-8-11-4-7-14(22)16(24)15(11)23/h2-9,22-24H,1H3. The van der Waals surface area contributed by atoms with E-state index in [1.807, 2.05) is 5.38 Å². The summed E-state index contributed by atoms with van der Waals surface area (Å²) >= 11 is 1.36. The summed E-state index contributed by atoms with van der Waals surface area (Å²) in [6, 6.07) is 8.64. The lowest BCUT2D eigenvalue weighted by molar-refractivity contribution is 0.367. The van der Waals surface area contributed by atoms with E-state index in [0.29, 0.717) is 10.5 Å². The van der Waals surface area contributed by atoms with Crippen molar-refractivity contribution in [2.45, 2.75) is 0 Å². The molecule has 0 amide bonds. The molecular formula is C17H14FN3O3S. The molecule has 3 aromatic rings. The highest BCUT2D eigenvalue weighted by atomic mass is 32.1. The fraction of sp³-hybridized carbons (Fsp3) is 0.0588. The van der Waals surface area contributed by atoms with Crippen LogP contribution in [0.25, 0.3) is 11.3 Å². The monoisotopic (exact) mass is 359 g/mol. The van der Waals surface area contributed by atoms with E-state index in [-0.39, 0.29) is 11.4 Å². The Labute approximate surface area is 146 Å². The lowest BCUT2D eigenvalue weighted by atomic mass is 10.2. The van der Waals surface area contributed by atoms with E-state index >= 15 is 0 Å². The Balaban J connectivity index is 2.07. The second-order valence-corrected chi connectivity index (χ2v) is 5.90. The number of phenolic OH excluding ortho intramolecular Hbond substituents is 3. The average Bonchev–Trinajstić information content (AvgIpc) is 3.02. The molecule has 8 heteroatoms. The van der Waals surface area contributed by atoms with Crippen LogP contribution in [0.15, 0.2) is 51.9 Å². The number of aromatic nitrogens is 1. The first-order valence-corrected chi connectivity index (χ1v) is 8.06. The Morgan fingerprint density at radius 3 is 2.44 bits per heavy atom. The predicted molar refractivity (Wildman–Crippen MR) is 93.6 cm³/mol. The Bertz CT molecular complexity index is 1010. The van der Waals surface area contributed by atoms with E-state index in [1.165, 1.54) is 41.8 Å². The van der Waals surface area contributed by atoms with Crippen LogP contribution in [-0.4, -0.2) is 33.3 Å². The SMILES string of the molecule is CN=c1scc(-c2ccc(F)cc2)n1N=Cc1ccc(O)c(O)c1O. The highest BCUT2D eigenvalue weighted by Crippen LogP contribution is 2.36. The Morgan fingerprint density at radius 2 is 1.76 bits per heavy atom. The quantitative estimate of drug-likeness (QED) is 0.496. The van der Waals surface area contributed by atoms with Gasteiger partial charge in [-0.15, -0.1) is 11.3 Å². The number of phenols is 3. The van der Waals surface area contributed by atoms with Crippen LogP contribution >= 0.6 is 11.3 Å². The van der Waals surface area contributed by atoms with Crippen LogP contribution in [0, 0.1) is 5.82 Å². The van der Waals surface area contributed by atoms with Crippen molar-refractivity contribution in [1.82, 2.24) is 4.68 Å². The van der Waals surface area contributed by atoms with E-state index in [9.17, 15) is 19.7 Å². The van der Waals surface area contributed by atoms with Gasteiger partial charge in [0.25, 0.3) is 0 Å². The van der Waals surface area contributed by atoms with E-state index in [1.54, 1.807) is 23.9 Å². The van der Waals surface area contributed by atoms with Gasteiger partial charge in [-0.1, -0.05) is 0 Å². The van der Waals surface area contributed by atoms with Gasteiger partial charge in [-0.2, -0.15) is 5.10 Å². The average molecular weight is 359 g/mol. The van der Waals surface area contributed by atoms with Gasteiger partial charge < -0.3 is 15.3 Å². The number of hydrogen-bond acceptors (Lipinski definition) is 6.